The Balaban J connectivity index is 1.44. The number of fused-ring (bicyclic) bond motifs is 1. The van der Waals surface area contributed by atoms with E-state index in [4.69, 9.17) is 16.3 Å². The predicted molar refractivity (Wildman–Crippen MR) is 135 cm³/mol. The topological polar surface area (TPSA) is 111 Å². The third-order valence-electron chi connectivity index (χ3n) is 5.85. The van der Waals surface area contributed by atoms with Crippen LogP contribution in [0.4, 0.5) is 10.6 Å². The van der Waals surface area contributed by atoms with E-state index >= 15 is 0 Å². The van der Waals surface area contributed by atoms with E-state index in [1.807, 2.05) is 12.1 Å². The van der Waals surface area contributed by atoms with Crippen molar-refractivity contribution in [2.24, 2.45) is 0 Å². The number of carbonyl (C=O) groups is 2. The molecule has 0 spiro atoms. The first-order valence-corrected chi connectivity index (χ1v) is 13.4. The summed E-state index contributed by atoms with van der Waals surface area (Å²) in [7, 11) is 0. The summed E-state index contributed by atoms with van der Waals surface area (Å²) in [5.41, 5.74) is 1.99. The molecule has 1 N–H and O–H groups in total. The number of nitrogens with one attached hydrogen (secondary N) is 1. The van der Waals surface area contributed by atoms with Gasteiger partial charge in [0.1, 0.15) is 41.0 Å². The number of alkyl carbamates (subject to hydrolysis) is 1. The molecule has 1 aromatic heterocycles. The first kappa shape index (κ1) is 25.5. The van der Waals surface area contributed by atoms with Gasteiger partial charge < -0.3 is 24.4 Å². The second kappa shape index (κ2) is 10.6. The van der Waals surface area contributed by atoms with Gasteiger partial charge in [-0.05, 0) is 49.6 Å². The van der Waals surface area contributed by atoms with Crippen LogP contribution in [0.25, 0.3) is 0 Å². The molecule has 1 aromatic carbocycles. The molecular weight excluding hydrogens is 490 g/mol. The number of halogens is 1. The van der Waals surface area contributed by atoms with Crippen LogP contribution < -0.4 is 10.2 Å². The number of piperazine rings is 1. The molecule has 0 radical (unpaired) electrons. The van der Waals surface area contributed by atoms with E-state index in [1.165, 1.54) is 6.33 Å². The van der Waals surface area contributed by atoms with Gasteiger partial charge in [-0.2, -0.15) is 0 Å². The summed E-state index contributed by atoms with van der Waals surface area (Å²) in [6, 6.07) is 6.44. The zero-order chi connectivity index (χ0) is 25.2. The number of rotatable bonds is 5. The van der Waals surface area contributed by atoms with Gasteiger partial charge in [0.15, 0.2) is 0 Å². The minimum Gasteiger partial charge on any atom is -0.616 e. The molecule has 2 amide bonds. The molecule has 0 aliphatic carbocycles. The van der Waals surface area contributed by atoms with Crippen LogP contribution in [-0.2, 0) is 38.6 Å². The maximum Gasteiger partial charge on any atom is 0.408 e. The van der Waals surface area contributed by atoms with Gasteiger partial charge in [0, 0.05) is 37.6 Å². The maximum atomic E-state index is 13.5. The Hall–Kier alpha value is -2.56. The average Bonchev–Trinajstić information content (AvgIpc) is 3.19. The third-order valence-corrected chi connectivity index (χ3v) is 7.31. The first-order chi connectivity index (χ1) is 16.6. The van der Waals surface area contributed by atoms with Crippen LogP contribution in [0.3, 0.4) is 0 Å². The SMILES string of the molecule is CC(C)(C)OC(=O)N[C@H](Cc1ccc(Cl)cc1)C(=O)N1CCN(c2ncnc3c2C[S+]([O-])C3)CC1. The molecule has 0 saturated carbocycles. The molecule has 2 aliphatic rings. The lowest BCUT2D eigenvalue weighted by Crippen LogP contribution is -2.56. The summed E-state index contributed by atoms with van der Waals surface area (Å²) in [4.78, 5) is 38.6. The van der Waals surface area contributed by atoms with Crippen molar-refractivity contribution in [3.63, 3.8) is 0 Å². The van der Waals surface area contributed by atoms with E-state index in [-0.39, 0.29) is 5.91 Å². The predicted octanol–water partition coefficient (Wildman–Crippen LogP) is 2.68. The Morgan fingerprint density at radius 1 is 1.14 bits per heavy atom. The largest absolute Gasteiger partial charge is 0.616 e. The quantitative estimate of drug-likeness (QED) is 0.604. The summed E-state index contributed by atoms with van der Waals surface area (Å²) in [5, 5.41) is 3.37. The third kappa shape index (κ3) is 6.56. The van der Waals surface area contributed by atoms with Gasteiger partial charge in [-0.3, -0.25) is 4.79 Å². The average molecular weight is 520 g/mol. The molecule has 2 aliphatic heterocycles. The van der Waals surface area contributed by atoms with Gasteiger partial charge in [-0.25, -0.2) is 14.8 Å². The highest BCUT2D eigenvalue weighted by molar-refractivity contribution is 7.90. The van der Waals surface area contributed by atoms with Gasteiger partial charge in [-0.1, -0.05) is 23.7 Å². The highest BCUT2D eigenvalue weighted by Gasteiger charge is 2.33. The lowest BCUT2D eigenvalue weighted by Gasteiger charge is -2.37. The van der Waals surface area contributed by atoms with Crippen LogP contribution >= 0.6 is 11.6 Å². The van der Waals surface area contributed by atoms with Crippen LogP contribution in [0.1, 0.15) is 37.6 Å². The second-order valence-electron chi connectivity index (χ2n) is 9.69. The Morgan fingerprint density at radius 3 is 2.49 bits per heavy atom. The zero-order valence-corrected chi connectivity index (χ0v) is 21.7. The molecule has 0 bridgehead atoms. The van der Waals surface area contributed by atoms with Crippen molar-refractivity contribution in [2.75, 3.05) is 31.1 Å². The summed E-state index contributed by atoms with van der Waals surface area (Å²) in [6.45, 7) is 7.47. The molecule has 188 valence electrons. The van der Waals surface area contributed by atoms with E-state index in [9.17, 15) is 14.1 Å². The van der Waals surface area contributed by atoms with Crippen LogP contribution in [0.5, 0.6) is 0 Å². The number of benzene rings is 1. The Morgan fingerprint density at radius 2 is 1.83 bits per heavy atom. The van der Waals surface area contributed by atoms with Crippen molar-refractivity contribution in [3.05, 3.63) is 52.4 Å². The first-order valence-electron chi connectivity index (χ1n) is 11.5. The molecule has 2 atom stereocenters. The fourth-order valence-corrected chi connectivity index (χ4v) is 5.61. The van der Waals surface area contributed by atoms with Gasteiger partial charge in [0.05, 0.1) is 5.56 Å². The van der Waals surface area contributed by atoms with E-state index in [1.54, 1.807) is 37.8 Å². The Bertz CT molecular complexity index is 1070. The minimum atomic E-state index is -0.943. The smallest absolute Gasteiger partial charge is 0.408 e. The van der Waals surface area contributed by atoms with Gasteiger partial charge in [-0.15, -0.1) is 0 Å². The fraction of sp³-hybridized carbons (Fsp3) is 0.500. The summed E-state index contributed by atoms with van der Waals surface area (Å²) < 4.78 is 17.4. The standard InChI is InChI=1S/C24H30ClN5O4S/c1-24(2,3)34-23(32)28-19(12-16-4-6-17(25)7-5-16)22(31)30-10-8-29(9-11-30)21-18-13-35(33)14-20(18)26-15-27-21/h4-7,15,19H,8-14H2,1-3H3,(H,28,32)/t19-,35?/m1/s1. The highest BCUT2D eigenvalue weighted by Crippen LogP contribution is 2.30. The summed E-state index contributed by atoms with van der Waals surface area (Å²) in [5.74, 6) is 1.57. The number of amides is 2. The molecule has 9 nitrogen and oxygen atoms in total. The van der Waals surface area contributed by atoms with Crippen LogP contribution in [0, 0.1) is 0 Å². The fourth-order valence-electron chi connectivity index (χ4n) is 4.21. The monoisotopic (exact) mass is 519 g/mol. The molecule has 2 aromatic rings. The number of aromatic nitrogens is 2. The second-order valence-corrected chi connectivity index (χ2v) is 11.6. The number of nitrogens with zero attached hydrogens (tertiary/aromatic N) is 4. The zero-order valence-electron chi connectivity index (χ0n) is 20.1. The molecule has 35 heavy (non-hydrogen) atoms. The van der Waals surface area contributed by atoms with Crippen LogP contribution in [0.2, 0.25) is 5.02 Å². The van der Waals surface area contributed by atoms with Gasteiger partial charge >= 0.3 is 6.09 Å². The molecule has 11 heteroatoms. The minimum absolute atomic E-state index is 0.167. The lowest BCUT2D eigenvalue weighted by molar-refractivity contribution is -0.133. The van der Waals surface area contributed by atoms with Crippen LogP contribution in [-0.4, -0.2) is 69.2 Å². The molecule has 1 saturated heterocycles. The van der Waals surface area contributed by atoms with Crippen molar-refractivity contribution >= 4 is 40.6 Å². The number of anilines is 1. The van der Waals surface area contributed by atoms with Crippen molar-refractivity contribution in [3.8, 4) is 0 Å². The highest BCUT2D eigenvalue weighted by atomic mass is 35.5. The number of carbonyl (C=O) groups excluding carboxylic acids is 2. The van der Waals surface area contributed by atoms with E-state index in [0.717, 1.165) is 22.6 Å². The van der Waals surface area contributed by atoms with Gasteiger partial charge in [0.2, 0.25) is 5.91 Å². The van der Waals surface area contributed by atoms with Gasteiger partial charge in [0.25, 0.3) is 0 Å². The normalized spacial score (nSPS) is 18.7. The lowest BCUT2D eigenvalue weighted by atomic mass is 10.0. The van der Waals surface area contributed by atoms with E-state index in [2.05, 4.69) is 20.2 Å². The number of ether oxygens (including phenoxy) is 1. The van der Waals surface area contributed by atoms with Crippen LogP contribution in [0.15, 0.2) is 30.6 Å². The molecule has 1 fully saturated rings. The van der Waals surface area contributed by atoms with E-state index in [0.29, 0.717) is 49.1 Å². The number of hydrogen-bond acceptors (Lipinski definition) is 7. The van der Waals surface area contributed by atoms with Crippen molar-refractivity contribution in [1.82, 2.24) is 20.2 Å². The Labute approximate surface area is 213 Å². The number of hydrogen-bond donors (Lipinski definition) is 1. The van der Waals surface area contributed by atoms with E-state index < -0.39 is 28.9 Å². The van der Waals surface area contributed by atoms with Crippen molar-refractivity contribution < 1.29 is 18.9 Å². The molecule has 4 rings (SSSR count). The summed E-state index contributed by atoms with van der Waals surface area (Å²) >= 11 is 5.06. The molecule has 1 unspecified atom stereocenters. The summed E-state index contributed by atoms with van der Waals surface area (Å²) in [6.07, 6.45) is 1.20. The van der Waals surface area contributed by atoms with Crippen molar-refractivity contribution in [2.45, 2.75) is 50.3 Å². The molecule has 3 heterocycles. The Kier molecular flexibility index (Phi) is 7.73. The molecular formula is C24H30ClN5O4S. The maximum absolute atomic E-state index is 13.5. The van der Waals surface area contributed by atoms with Crippen molar-refractivity contribution in [1.29, 1.82) is 0 Å².